The average Bonchev–Trinajstić information content (AvgIpc) is 3.87. The molecular formula is C44H82N8O20P3S+. The number of fused-ring (bicyclic) bond motifs is 1. The first-order valence-corrected chi connectivity index (χ1v) is 31.3. The van der Waals surface area contributed by atoms with Crippen LogP contribution in [0, 0.1) is 5.41 Å². The summed E-state index contributed by atoms with van der Waals surface area (Å²) < 4.78 is 69.4. The molecule has 0 aliphatic carbocycles. The van der Waals surface area contributed by atoms with Crippen molar-refractivity contribution in [3.8, 4) is 0 Å². The maximum Gasteiger partial charge on any atom is 0.481 e. The van der Waals surface area contributed by atoms with Crippen LogP contribution in [-0.2, 0) is 59.7 Å². The molecule has 0 saturated carbocycles. The molecule has 28 nitrogen and oxygen atoms in total. The van der Waals surface area contributed by atoms with Gasteiger partial charge in [0.15, 0.2) is 22.8 Å². The lowest BCUT2D eigenvalue weighted by atomic mass is 9.87. The molecule has 3 rings (SSSR count). The number of thiol groups is 1. The number of aliphatic carboxylic acids is 1. The van der Waals surface area contributed by atoms with E-state index in [4.69, 9.17) is 23.7 Å². The first-order valence-electron chi connectivity index (χ1n) is 25.3. The molecule has 0 aromatic carbocycles. The molecule has 0 bridgehead atoms. The molecule has 438 valence electrons. The summed E-state index contributed by atoms with van der Waals surface area (Å²) >= 11 is -1.78. The van der Waals surface area contributed by atoms with Crippen LogP contribution in [0.4, 0.5) is 5.82 Å². The summed E-state index contributed by atoms with van der Waals surface area (Å²) in [5, 5.41) is 36.3. The summed E-state index contributed by atoms with van der Waals surface area (Å²) in [4.78, 5) is 102. The number of imidazole rings is 1. The summed E-state index contributed by atoms with van der Waals surface area (Å²) in [6.45, 7) is 2.70. The van der Waals surface area contributed by atoms with Crippen molar-refractivity contribution in [2.75, 3.05) is 65.5 Å². The van der Waals surface area contributed by atoms with E-state index in [1.54, 1.807) is 0 Å². The van der Waals surface area contributed by atoms with Gasteiger partial charge in [0.2, 0.25) is 11.8 Å². The lowest BCUT2D eigenvalue weighted by molar-refractivity contribution is -0.873. The Hall–Kier alpha value is -3.05. The van der Waals surface area contributed by atoms with Gasteiger partial charge in [-0.25, -0.2) is 28.6 Å². The van der Waals surface area contributed by atoms with Crippen LogP contribution >= 0.6 is 34.6 Å². The zero-order valence-corrected chi connectivity index (χ0v) is 47.8. The number of aromatic nitrogens is 4. The highest BCUT2D eigenvalue weighted by atomic mass is 32.2. The monoisotopic (exact) mass is 1170 g/mol. The fourth-order valence-corrected chi connectivity index (χ4v) is 12.5. The van der Waals surface area contributed by atoms with Gasteiger partial charge in [0.1, 0.15) is 48.9 Å². The molecule has 76 heavy (non-hydrogen) atoms. The number of hydrogen-bond acceptors (Lipinski definition) is 19. The van der Waals surface area contributed by atoms with Gasteiger partial charge in [-0.3, -0.25) is 37.3 Å². The predicted octanol–water partition coefficient (Wildman–Crippen LogP) is 3.90. The summed E-state index contributed by atoms with van der Waals surface area (Å²) in [7, 11) is -10.9. The van der Waals surface area contributed by atoms with E-state index in [9.17, 15) is 67.8 Å². The molecule has 1 saturated heterocycles. The number of carboxylic acid groups (broad SMARTS) is 1. The molecule has 2 amide bonds. The summed E-state index contributed by atoms with van der Waals surface area (Å²) in [6, 6.07) is 0. The van der Waals surface area contributed by atoms with Crippen molar-refractivity contribution in [1.29, 1.82) is 0 Å². The standard InChI is InChI=1S/C44H81N8O20P3S/c1-7-8-9-10-11-12-13-14-15-16-17-18-19-20-35(56)76(71-31(25-34(54)55)26-52(4,5)6)24-23-46-33(53)21-22-47-42(59)39(58)44(2,3)28-68-75(65,66)72-74(63,64)67-27-32-38(70-73(60,61)62)37(57)43(69-32)51-30-50-36-40(45)48-29-49-41(36)51/h29-32,37-39,43,57-58,76H,7-28H2,1-6H3,(H8-,45,46,47,48,49,53,54,55,59,60,61,62,63,64,65,66)/p+1/t31-,32-,37-,38-,39?,43-/m1/s1. The van der Waals surface area contributed by atoms with Crippen molar-refractivity contribution in [1.82, 2.24) is 30.2 Å². The summed E-state index contributed by atoms with van der Waals surface area (Å²) in [6.07, 6.45) is 7.00. The summed E-state index contributed by atoms with van der Waals surface area (Å²) in [5.41, 5.74) is 4.21. The third-order valence-corrected chi connectivity index (χ3v) is 17.0. The Morgan fingerprint density at radius 3 is 2.04 bits per heavy atom. The van der Waals surface area contributed by atoms with Crippen molar-refractivity contribution in [3.63, 3.8) is 0 Å². The van der Waals surface area contributed by atoms with Crippen molar-refractivity contribution in [3.05, 3.63) is 12.7 Å². The molecule has 1 aliphatic rings. The third-order valence-electron chi connectivity index (χ3n) is 11.9. The number of nitrogens with zero attached hydrogens (tertiary/aromatic N) is 5. The number of anilines is 1. The number of nitrogens with two attached hydrogens (primary N) is 1. The number of ether oxygens (including phenoxy) is 1. The molecule has 1 aliphatic heterocycles. The van der Waals surface area contributed by atoms with Crippen molar-refractivity contribution >= 4 is 74.5 Å². The smallest absolute Gasteiger partial charge is 0.481 e. The van der Waals surface area contributed by atoms with Crippen molar-refractivity contribution in [2.45, 2.75) is 160 Å². The van der Waals surface area contributed by atoms with Crippen LogP contribution in [0.1, 0.15) is 130 Å². The number of quaternary nitrogens is 1. The van der Waals surface area contributed by atoms with E-state index in [2.05, 4.69) is 41.3 Å². The highest BCUT2D eigenvalue weighted by Gasteiger charge is 2.50. The number of carbonyl (C=O) groups excluding carboxylic acids is 3. The number of likely N-dealkylation sites (N-methyl/N-ethyl adjacent to an activating group) is 1. The number of unbranched alkanes of at least 4 members (excludes halogenated alkanes) is 12. The average molecular weight is 1170 g/mol. The van der Waals surface area contributed by atoms with Gasteiger partial charge in [-0.2, -0.15) is 4.31 Å². The van der Waals surface area contributed by atoms with Gasteiger partial charge in [-0.1, -0.05) is 109 Å². The van der Waals surface area contributed by atoms with E-state index in [-0.39, 0.29) is 60.2 Å². The second-order valence-corrected chi connectivity index (χ2v) is 26.5. The third kappa shape index (κ3) is 25.0. The minimum Gasteiger partial charge on any atom is -0.481 e. The van der Waals surface area contributed by atoms with Gasteiger partial charge in [-0.05, 0) is 6.42 Å². The van der Waals surface area contributed by atoms with Gasteiger partial charge in [0, 0.05) is 37.1 Å². The van der Waals surface area contributed by atoms with Gasteiger partial charge < -0.3 is 64.7 Å². The maximum atomic E-state index is 13.5. The minimum atomic E-state index is -5.62. The van der Waals surface area contributed by atoms with Crippen LogP contribution in [0.3, 0.4) is 0 Å². The van der Waals surface area contributed by atoms with E-state index >= 15 is 0 Å². The Balaban J connectivity index is 1.47. The zero-order chi connectivity index (χ0) is 56.9. The van der Waals surface area contributed by atoms with E-state index in [0.717, 1.165) is 42.9 Å². The maximum absolute atomic E-state index is 13.5. The Labute approximate surface area is 446 Å². The van der Waals surface area contributed by atoms with Crippen molar-refractivity contribution < 1.29 is 99.1 Å². The van der Waals surface area contributed by atoms with Crippen LogP contribution in [0.2, 0.25) is 0 Å². The number of phosphoric acid groups is 3. The Kier molecular flexibility index (Phi) is 28.0. The quantitative estimate of drug-likeness (QED) is 0.0196. The normalized spacial score (nSPS) is 20.4. The van der Waals surface area contributed by atoms with Crippen LogP contribution < -0.4 is 16.4 Å². The zero-order valence-electron chi connectivity index (χ0n) is 44.2. The molecule has 32 heteroatoms. The molecule has 9 atom stereocenters. The number of phosphoric ester groups is 3. The molecule has 0 spiro atoms. The number of hydrogen-bond donors (Lipinski definition) is 11. The van der Waals surface area contributed by atoms with Crippen LogP contribution in [0.25, 0.3) is 11.2 Å². The number of nitrogen functional groups attached to an aromatic ring is 1. The van der Waals surface area contributed by atoms with E-state index in [1.807, 2.05) is 21.1 Å². The largest absolute Gasteiger partial charge is 0.481 e. The topological polar surface area (TPSA) is 410 Å². The molecule has 1 fully saturated rings. The molecular weight excluding hydrogens is 1090 g/mol. The van der Waals surface area contributed by atoms with Crippen LogP contribution in [-0.4, -0.2) is 172 Å². The first kappa shape index (κ1) is 67.2. The number of nitrogens with one attached hydrogen (secondary N) is 2. The van der Waals surface area contributed by atoms with Gasteiger partial charge >= 0.3 is 29.4 Å². The Morgan fingerprint density at radius 1 is 0.868 bits per heavy atom. The molecule has 2 aromatic rings. The molecule has 2 aromatic heterocycles. The minimum absolute atomic E-state index is 0.0197. The second kappa shape index (κ2) is 31.7. The molecule has 11 N–H and O–H groups in total. The Bertz CT molecular complexity index is 2310. The SMILES string of the molecule is CCCCCCCCCCCCCCCC(=O)[SH](CCNC(=O)CCNC(=O)C(O)C(C)(C)COP(=O)(O)OP(=O)(O)OC[C@H]1O[C@@H](n2cnc3c(N)ncnc32)[C@H](O)[C@@H]1OP(=O)(O)O)O[C@H](CC(=O)O)C[N+](C)(C)C. The second-order valence-electron chi connectivity index (χ2n) is 20.4. The lowest BCUT2D eigenvalue weighted by Crippen LogP contribution is -2.46. The number of rotatable bonds is 39. The molecule has 0 radical (unpaired) electrons. The number of aliphatic hydroxyl groups excluding tert-OH is 2. The van der Waals surface area contributed by atoms with Crippen LogP contribution in [0.15, 0.2) is 12.7 Å². The van der Waals surface area contributed by atoms with Gasteiger partial charge in [0.25, 0.3) is 0 Å². The number of carboxylic acids is 1. The first-order chi connectivity index (χ1) is 35.4. The number of carbonyl (C=O) groups is 4. The lowest BCUT2D eigenvalue weighted by Gasteiger charge is -2.32. The van der Waals surface area contributed by atoms with E-state index < -0.39 is 108 Å². The fourth-order valence-electron chi connectivity index (χ4n) is 8.01. The van der Waals surface area contributed by atoms with Crippen molar-refractivity contribution in [2.24, 2.45) is 5.41 Å². The summed E-state index contributed by atoms with van der Waals surface area (Å²) in [5.74, 6) is -2.53. The highest BCUT2D eigenvalue weighted by Crippen LogP contribution is 2.61. The molecule has 3 heterocycles. The number of amides is 2. The van der Waals surface area contributed by atoms with E-state index in [1.165, 1.54) is 65.2 Å². The van der Waals surface area contributed by atoms with Crippen LogP contribution in [0.5, 0.6) is 0 Å². The van der Waals surface area contributed by atoms with Gasteiger partial charge in [-0.15, -0.1) is 0 Å². The predicted molar refractivity (Wildman–Crippen MR) is 279 cm³/mol. The van der Waals surface area contributed by atoms with E-state index in [0.29, 0.717) is 17.4 Å². The van der Waals surface area contributed by atoms with Gasteiger partial charge in [0.05, 0.1) is 47.1 Å². The highest BCUT2D eigenvalue weighted by molar-refractivity contribution is 8.26. The molecule has 4 unspecified atom stereocenters. The number of aliphatic hydroxyl groups is 2. The fraction of sp³-hybridized carbons (Fsp3) is 0.795. The Morgan fingerprint density at radius 2 is 1.46 bits per heavy atom.